The van der Waals surface area contributed by atoms with Crippen LogP contribution < -0.4 is 0 Å². The van der Waals surface area contributed by atoms with E-state index in [9.17, 15) is 4.39 Å². The van der Waals surface area contributed by atoms with Crippen LogP contribution in [-0.2, 0) is 0 Å². The monoisotopic (exact) mass is 308 g/mol. The third-order valence-corrected chi connectivity index (χ3v) is 4.02. The maximum absolute atomic E-state index is 13.0. The number of fused-ring (bicyclic) bond motifs is 1. The number of benzene rings is 1. The Kier molecular flexibility index (Phi) is 2.23. The van der Waals surface area contributed by atoms with Gasteiger partial charge in [-0.2, -0.15) is 4.39 Å². The lowest BCUT2D eigenvalue weighted by Gasteiger charge is -1.90. The van der Waals surface area contributed by atoms with Crippen molar-refractivity contribution < 1.29 is 4.39 Å². The highest BCUT2D eigenvalue weighted by Gasteiger charge is 2.08. The summed E-state index contributed by atoms with van der Waals surface area (Å²) in [6.07, 6.45) is 0. The predicted molar refractivity (Wildman–Crippen MR) is 57.2 cm³/mol. The molecule has 0 atom stereocenters. The third-order valence-electron chi connectivity index (χ3n) is 1.55. The van der Waals surface area contributed by atoms with Crippen molar-refractivity contribution in [3.63, 3.8) is 0 Å². The normalized spacial score (nSPS) is 10.9. The summed E-state index contributed by atoms with van der Waals surface area (Å²) in [5, 5.41) is 0.767. The van der Waals surface area contributed by atoms with Crippen LogP contribution >= 0.6 is 43.2 Å². The van der Waals surface area contributed by atoms with Crippen molar-refractivity contribution in [1.82, 2.24) is 0 Å². The summed E-state index contributed by atoms with van der Waals surface area (Å²) in [5.41, 5.74) is 0. The van der Waals surface area contributed by atoms with Crippen LogP contribution in [-0.4, -0.2) is 0 Å². The van der Waals surface area contributed by atoms with E-state index in [0.717, 1.165) is 25.9 Å². The average Bonchev–Trinajstić information content (AvgIpc) is 2.28. The molecule has 0 N–H and O–H groups in total. The van der Waals surface area contributed by atoms with E-state index < -0.39 is 0 Å². The minimum absolute atomic E-state index is 0.164. The number of thiophene rings is 1. The molecule has 0 aliphatic heterocycles. The third kappa shape index (κ3) is 1.32. The maximum Gasteiger partial charge on any atom is 0.191 e. The Labute approximate surface area is 89.7 Å². The fourth-order valence-electron chi connectivity index (χ4n) is 1.01. The van der Waals surface area contributed by atoms with Crippen LogP contribution in [0.5, 0.6) is 0 Å². The van der Waals surface area contributed by atoms with Gasteiger partial charge in [-0.15, -0.1) is 11.3 Å². The Morgan fingerprint density at radius 3 is 2.75 bits per heavy atom. The molecular formula is C8H3Br2FS. The van der Waals surface area contributed by atoms with E-state index in [-0.39, 0.29) is 5.13 Å². The van der Waals surface area contributed by atoms with E-state index in [1.807, 2.05) is 18.2 Å². The van der Waals surface area contributed by atoms with Crippen molar-refractivity contribution in [2.45, 2.75) is 0 Å². The smallest absolute Gasteiger partial charge is 0.191 e. The quantitative estimate of drug-likeness (QED) is 0.669. The number of hydrogen-bond donors (Lipinski definition) is 0. The molecule has 2 aromatic rings. The lowest BCUT2D eigenvalue weighted by atomic mass is 10.3. The average molecular weight is 310 g/mol. The molecule has 0 unspecified atom stereocenters. The minimum atomic E-state index is -0.164. The molecule has 0 nitrogen and oxygen atoms in total. The molecule has 0 aliphatic rings. The van der Waals surface area contributed by atoms with Gasteiger partial charge in [-0.1, -0.05) is 22.0 Å². The first-order valence-corrected chi connectivity index (χ1v) is 5.62. The van der Waals surface area contributed by atoms with E-state index in [2.05, 4.69) is 31.9 Å². The topological polar surface area (TPSA) is 0 Å². The van der Waals surface area contributed by atoms with E-state index in [4.69, 9.17) is 0 Å². The second kappa shape index (κ2) is 3.09. The van der Waals surface area contributed by atoms with Crippen molar-refractivity contribution in [3.05, 3.63) is 32.3 Å². The molecule has 0 spiro atoms. The zero-order chi connectivity index (χ0) is 8.72. The van der Waals surface area contributed by atoms with Crippen LogP contribution in [0.3, 0.4) is 0 Å². The van der Waals surface area contributed by atoms with Crippen LogP contribution in [0.25, 0.3) is 10.1 Å². The first kappa shape index (κ1) is 8.66. The summed E-state index contributed by atoms with van der Waals surface area (Å²) in [4.78, 5) is 0. The molecule has 0 fully saturated rings. The summed E-state index contributed by atoms with van der Waals surface area (Å²) < 4.78 is 15.5. The van der Waals surface area contributed by atoms with Gasteiger partial charge in [0.15, 0.2) is 5.13 Å². The van der Waals surface area contributed by atoms with E-state index >= 15 is 0 Å². The Morgan fingerprint density at radius 1 is 1.25 bits per heavy atom. The summed E-state index contributed by atoms with van der Waals surface area (Å²) in [5.74, 6) is 0. The van der Waals surface area contributed by atoms with Crippen molar-refractivity contribution >= 4 is 53.3 Å². The fraction of sp³-hybridized carbons (Fsp3) is 0. The van der Waals surface area contributed by atoms with Crippen LogP contribution in [0.15, 0.2) is 27.1 Å². The second-order valence-corrected chi connectivity index (χ2v) is 5.04. The van der Waals surface area contributed by atoms with Crippen molar-refractivity contribution in [2.24, 2.45) is 0 Å². The molecule has 4 heteroatoms. The molecular weight excluding hydrogens is 307 g/mol. The van der Waals surface area contributed by atoms with Gasteiger partial charge in [-0.05, 0) is 28.1 Å². The summed E-state index contributed by atoms with van der Waals surface area (Å²) >= 11 is 7.68. The number of hydrogen-bond acceptors (Lipinski definition) is 1. The first-order valence-electron chi connectivity index (χ1n) is 3.21. The van der Waals surface area contributed by atoms with Crippen LogP contribution in [0.1, 0.15) is 0 Å². The molecule has 0 bridgehead atoms. The lowest BCUT2D eigenvalue weighted by Crippen LogP contribution is -1.65. The lowest BCUT2D eigenvalue weighted by molar-refractivity contribution is 0.652. The largest absolute Gasteiger partial charge is 0.194 e. The Hall–Kier alpha value is 0.0700. The second-order valence-electron chi connectivity index (χ2n) is 2.33. The van der Waals surface area contributed by atoms with Gasteiger partial charge in [-0.25, -0.2) is 0 Å². The first-order chi connectivity index (χ1) is 5.68. The van der Waals surface area contributed by atoms with Gasteiger partial charge in [0.1, 0.15) is 0 Å². The van der Waals surface area contributed by atoms with E-state index in [1.54, 1.807) is 0 Å². The SMILES string of the molecule is Fc1sc2cc(Br)ccc2c1Br. The van der Waals surface area contributed by atoms with Crippen molar-refractivity contribution in [3.8, 4) is 0 Å². The van der Waals surface area contributed by atoms with E-state index in [1.165, 1.54) is 0 Å². The molecule has 1 heterocycles. The van der Waals surface area contributed by atoms with Gasteiger partial charge in [0, 0.05) is 14.6 Å². The molecule has 0 amide bonds. The van der Waals surface area contributed by atoms with Crippen molar-refractivity contribution in [2.75, 3.05) is 0 Å². The minimum Gasteiger partial charge on any atom is -0.194 e. The van der Waals surface area contributed by atoms with Gasteiger partial charge in [-0.3, -0.25) is 0 Å². The fourth-order valence-corrected chi connectivity index (χ4v) is 3.10. The molecule has 62 valence electrons. The summed E-state index contributed by atoms with van der Waals surface area (Å²) in [6.45, 7) is 0. The Morgan fingerprint density at radius 2 is 2.00 bits per heavy atom. The highest BCUT2D eigenvalue weighted by atomic mass is 79.9. The molecule has 0 radical (unpaired) electrons. The zero-order valence-electron chi connectivity index (χ0n) is 5.77. The highest BCUT2D eigenvalue weighted by molar-refractivity contribution is 9.11. The molecule has 0 aliphatic carbocycles. The van der Waals surface area contributed by atoms with Crippen molar-refractivity contribution in [1.29, 1.82) is 0 Å². The van der Waals surface area contributed by atoms with Gasteiger partial charge in [0.2, 0.25) is 0 Å². The van der Waals surface area contributed by atoms with Gasteiger partial charge in [0.25, 0.3) is 0 Å². The predicted octanol–water partition coefficient (Wildman–Crippen LogP) is 4.57. The Balaban J connectivity index is 2.87. The molecule has 12 heavy (non-hydrogen) atoms. The summed E-state index contributed by atoms with van der Waals surface area (Å²) in [7, 11) is 0. The molecule has 2 rings (SSSR count). The molecule has 1 aromatic carbocycles. The standard InChI is InChI=1S/C8H3Br2FS/c9-4-1-2-5-6(3-4)12-8(11)7(5)10/h1-3H. The highest BCUT2D eigenvalue weighted by Crippen LogP contribution is 2.35. The van der Waals surface area contributed by atoms with Crippen LogP contribution in [0, 0.1) is 5.13 Å². The summed E-state index contributed by atoms with van der Waals surface area (Å²) in [6, 6.07) is 5.70. The maximum atomic E-state index is 13.0. The van der Waals surface area contributed by atoms with Gasteiger partial charge in [0.05, 0.1) is 4.47 Å². The van der Waals surface area contributed by atoms with Gasteiger partial charge < -0.3 is 0 Å². The van der Waals surface area contributed by atoms with Crippen LogP contribution in [0.4, 0.5) is 4.39 Å². The van der Waals surface area contributed by atoms with Gasteiger partial charge >= 0.3 is 0 Å². The molecule has 1 aromatic heterocycles. The van der Waals surface area contributed by atoms with Crippen LogP contribution in [0.2, 0.25) is 0 Å². The Bertz CT molecular complexity index is 436. The number of rotatable bonds is 0. The zero-order valence-corrected chi connectivity index (χ0v) is 9.76. The van der Waals surface area contributed by atoms with E-state index in [0.29, 0.717) is 4.47 Å². The number of halogens is 3. The molecule has 0 saturated heterocycles. The molecule has 0 saturated carbocycles.